The molecular weight excluding hydrogens is 505 g/mol. The number of aliphatic hydroxyl groups excluding tert-OH is 1. The van der Waals surface area contributed by atoms with E-state index < -0.39 is 60.5 Å². The average Bonchev–Trinajstić information content (AvgIpc) is 3.56. The van der Waals surface area contributed by atoms with E-state index in [-0.39, 0.29) is 12.4 Å². The maximum Gasteiger partial charge on any atom is 0.459 e. The summed E-state index contributed by atoms with van der Waals surface area (Å²) in [5.74, 6) is -0.426. The number of aromatic amines is 1. The van der Waals surface area contributed by atoms with E-state index in [2.05, 4.69) is 10.1 Å². The molecule has 1 aliphatic carbocycles. The van der Waals surface area contributed by atoms with Crippen molar-refractivity contribution >= 4 is 13.7 Å². The van der Waals surface area contributed by atoms with Gasteiger partial charge in [-0.1, -0.05) is 18.2 Å². The quantitative estimate of drug-likeness (QED) is 0.303. The van der Waals surface area contributed by atoms with Gasteiger partial charge in [-0.15, -0.1) is 0 Å². The van der Waals surface area contributed by atoms with Crippen molar-refractivity contribution < 1.29 is 33.0 Å². The summed E-state index contributed by atoms with van der Waals surface area (Å²) < 4.78 is 37.8. The fraction of sp³-hybridized carbons (Fsp3) is 0.542. The molecule has 13 heteroatoms. The van der Waals surface area contributed by atoms with Crippen molar-refractivity contribution in [1.29, 1.82) is 0 Å². The van der Waals surface area contributed by atoms with E-state index in [1.807, 2.05) is 0 Å². The Morgan fingerprint density at radius 3 is 2.54 bits per heavy atom. The van der Waals surface area contributed by atoms with Crippen molar-refractivity contribution in [2.45, 2.75) is 70.6 Å². The maximum atomic E-state index is 13.9. The van der Waals surface area contributed by atoms with E-state index in [4.69, 9.17) is 18.5 Å². The number of aromatic nitrogens is 2. The Hall–Kier alpha value is -2.76. The summed E-state index contributed by atoms with van der Waals surface area (Å²) in [4.78, 5) is 38.7. The Morgan fingerprint density at radius 1 is 1.27 bits per heavy atom. The van der Waals surface area contributed by atoms with E-state index in [9.17, 15) is 24.1 Å². The zero-order valence-electron chi connectivity index (χ0n) is 21.1. The topological polar surface area (TPSA) is 158 Å². The molecule has 2 heterocycles. The van der Waals surface area contributed by atoms with Crippen LogP contribution in [0, 0.1) is 5.41 Å². The summed E-state index contributed by atoms with van der Waals surface area (Å²) in [6.45, 7) is 5.99. The van der Waals surface area contributed by atoms with Crippen LogP contribution in [-0.2, 0) is 23.4 Å². The van der Waals surface area contributed by atoms with Gasteiger partial charge < -0.3 is 19.1 Å². The third kappa shape index (κ3) is 5.89. The van der Waals surface area contributed by atoms with Gasteiger partial charge in [0.25, 0.3) is 5.56 Å². The van der Waals surface area contributed by atoms with Gasteiger partial charge in [0.2, 0.25) is 0 Å². The second kappa shape index (κ2) is 10.2. The number of carbonyl (C=O) groups excluding carboxylic acids is 1. The molecule has 37 heavy (non-hydrogen) atoms. The van der Waals surface area contributed by atoms with Crippen molar-refractivity contribution in [1.82, 2.24) is 14.6 Å². The van der Waals surface area contributed by atoms with Gasteiger partial charge in [-0.2, -0.15) is 5.09 Å². The second-order valence-electron chi connectivity index (χ2n) is 10.1. The first kappa shape index (κ1) is 27.3. The molecule has 4 unspecified atom stereocenters. The Labute approximate surface area is 213 Å². The summed E-state index contributed by atoms with van der Waals surface area (Å²) in [7, 11) is -4.23. The lowest BCUT2D eigenvalue weighted by molar-refractivity contribution is -0.153. The minimum Gasteiger partial charge on any atom is -0.462 e. The number of aliphatic hydroxyl groups is 1. The van der Waals surface area contributed by atoms with E-state index in [0.29, 0.717) is 12.8 Å². The van der Waals surface area contributed by atoms with Gasteiger partial charge in [-0.25, -0.2) is 9.36 Å². The van der Waals surface area contributed by atoms with Gasteiger partial charge >= 0.3 is 19.4 Å². The lowest BCUT2D eigenvalue weighted by atomic mass is 9.96. The van der Waals surface area contributed by atoms with Crippen molar-refractivity contribution in [2.24, 2.45) is 5.41 Å². The molecule has 4 atom stereocenters. The number of rotatable bonds is 10. The molecule has 202 valence electrons. The SMILES string of the molecule is CC(C)OC(=O)C(C)(C)NP(=O)(OCC1OC(n2ccc(=O)[nH]c2=O)C2(CC2)C1O)Oc1ccccc1. The highest BCUT2D eigenvalue weighted by atomic mass is 31.2. The molecule has 2 aromatic rings. The standard InChI is InChI=1S/C24H32N3O9P/c1-15(2)34-21(30)23(3,4)26-37(32,36-16-8-6-5-7-9-16)33-14-17-19(29)24(11-12-24)20(35-17)27-13-10-18(28)25-22(27)31/h5-10,13,15,17,19-20,29H,11-12,14H2,1-4H3,(H,26,32)(H,25,28,31). The van der Waals surface area contributed by atoms with Crippen LogP contribution in [0.4, 0.5) is 0 Å². The monoisotopic (exact) mass is 537 g/mol. The Bertz CT molecular complexity index is 1290. The van der Waals surface area contributed by atoms with Crippen LogP contribution in [0.1, 0.15) is 46.8 Å². The van der Waals surface area contributed by atoms with Gasteiger partial charge in [0.1, 0.15) is 23.6 Å². The smallest absolute Gasteiger partial charge is 0.459 e. The zero-order chi connectivity index (χ0) is 27.0. The summed E-state index contributed by atoms with van der Waals surface area (Å²) in [5, 5.41) is 13.7. The molecule has 1 aromatic heterocycles. The molecule has 0 radical (unpaired) electrons. The lowest BCUT2D eigenvalue weighted by Crippen LogP contribution is -2.48. The van der Waals surface area contributed by atoms with Crippen LogP contribution in [0.5, 0.6) is 5.75 Å². The fourth-order valence-corrected chi connectivity index (χ4v) is 5.97. The first-order valence-electron chi connectivity index (χ1n) is 12.0. The first-order valence-corrected chi connectivity index (χ1v) is 13.5. The Balaban J connectivity index is 1.54. The van der Waals surface area contributed by atoms with Crippen LogP contribution >= 0.6 is 7.75 Å². The molecular formula is C24H32N3O9P. The number of nitrogens with zero attached hydrogens (tertiary/aromatic N) is 1. The van der Waals surface area contributed by atoms with E-state index >= 15 is 0 Å². The maximum absolute atomic E-state index is 13.9. The number of carbonyl (C=O) groups is 1. The molecule has 1 aromatic carbocycles. The molecule has 1 aliphatic heterocycles. The van der Waals surface area contributed by atoms with Gasteiger partial charge in [-0.05, 0) is 52.7 Å². The molecule has 1 spiro atoms. The number of benzene rings is 1. The van der Waals surface area contributed by atoms with Crippen molar-refractivity contribution in [3.05, 3.63) is 63.4 Å². The van der Waals surface area contributed by atoms with Crippen molar-refractivity contribution in [2.75, 3.05) is 6.61 Å². The van der Waals surface area contributed by atoms with Gasteiger partial charge in [0.05, 0.1) is 18.8 Å². The molecule has 12 nitrogen and oxygen atoms in total. The second-order valence-corrected chi connectivity index (χ2v) is 11.8. The predicted octanol–water partition coefficient (Wildman–Crippen LogP) is 2.10. The minimum atomic E-state index is -4.23. The molecule has 2 aliphatic rings. The fourth-order valence-electron chi connectivity index (χ4n) is 4.29. The summed E-state index contributed by atoms with van der Waals surface area (Å²) in [6.07, 6.45) is -0.756. The molecule has 2 fully saturated rings. The van der Waals surface area contributed by atoms with Crippen LogP contribution in [0.25, 0.3) is 0 Å². The zero-order valence-corrected chi connectivity index (χ0v) is 22.0. The van der Waals surface area contributed by atoms with E-state index in [0.717, 1.165) is 0 Å². The van der Waals surface area contributed by atoms with Crippen molar-refractivity contribution in [3.8, 4) is 5.75 Å². The number of H-pyrrole nitrogens is 1. The van der Waals surface area contributed by atoms with Gasteiger partial charge in [0, 0.05) is 17.7 Å². The molecule has 0 bridgehead atoms. The number of para-hydroxylation sites is 1. The van der Waals surface area contributed by atoms with E-state index in [1.165, 1.54) is 30.7 Å². The normalized spacial score (nSPS) is 24.1. The minimum absolute atomic E-state index is 0.232. The Kier molecular flexibility index (Phi) is 7.51. The molecule has 0 amide bonds. The number of esters is 1. The first-order chi connectivity index (χ1) is 17.4. The van der Waals surface area contributed by atoms with Crippen molar-refractivity contribution in [3.63, 3.8) is 0 Å². The number of ether oxygens (including phenoxy) is 2. The largest absolute Gasteiger partial charge is 0.462 e. The molecule has 1 saturated heterocycles. The highest BCUT2D eigenvalue weighted by molar-refractivity contribution is 7.52. The number of hydrogen-bond acceptors (Lipinski definition) is 9. The van der Waals surface area contributed by atoms with Crippen LogP contribution in [0.15, 0.2) is 52.2 Å². The third-order valence-electron chi connectivity index (χ3n) is 6.31. The summed E-state index contributed by atoms with van der Waals surface area (Å²) in [5.41, 5.74) is -3.41. The number of hydrogen-bond donors (Lipinski definition) is 3. The van der Waals surface area contributed by atoms with Crippen LogP contribution in [-0.4, -0.2) is 51.1 Å². The molecule has 4 rings (SSSR count). The molecule has 1 saturated carbocycles. The highest BCUT2D eigenvalue weighted by Gasteiger charge is 2.64. The lowest BCUT2D eigenvalue weighted by Gasteiger charge is -2.30. The van der Waals surface area contributed by atoms with Crippen LogP contribution < -0.4 is 20.9 Å². The highest BCUT2D eigenvalue weighted by Crippen LogP contribution is 2.62. The summed E-state index contributed by atoms with van der Waals surface area (Å²) in [6, 6.07) is 9.48. The van der Waals surface area contributed by atoms with E-state index in [1.54, 1.807) is 44.2 Å². The average molecular weight is 538 g/mol. The van der Waals surface area contributed by atoms with Gasteiger partial charge in [-0.3, -0.25) is 23.7 Å². The molecule has 3 N–H and O–H groups in total. The van der Waals surface area contributed by atoms with Crippen LogP contribution in [0.2, 0.25) is 0 Å². The predicted molar refractivity (Wildman–Crippen MR) is 132 cm³/mol. The third-order valence-corrected chi connectivity index (χ3v) is 8.09. The van der Waals surface area contributed by atoms with Gasteiger partial charge in [0.15, 0.2) is 0 Å². The van der Waals surface area contributed by atoms with Crippen LogP contribution in [0.3, 0.4) is 0 Å². The summed E-state index contributed by atoms with van der Waals surface area (Å²) >= 11 is 0. The number of nitrogens with one attached hydrogen (secondary N) is 2. The Morgan fingerprint density at radius 2 is 1.95 bits per heavy atom.